The SMILES string of the molecule is COc1ccc(Br)c(C(=O)Nc2cc(Cl)ncn2)c1. The number of nitrogens with one attached hydrogen (secondary N) is 1. The number of carbonyl (C=O) groups is 1. The van der Waals surface area contributed by atoms with Crippen molar-refractivity contribution in [2.45, 2.75) is 0 Å². The first-order chi connectivity index (χ1) is 9.10. The number of hydrogen-bond donors (Lipinski definition) is 1. The van der Waals surface area contributed by atoms with Crippen molar-refractivity contribution >= 4 is 39.3 Å². The van der Waals surface area contributed by atoms with Gasteiger partial charge in [-0.2, -0.15) is 0 Å². The van der Waals surface area contributed by atoms with Gasteiger partial charge < -0.3 is 10.1 Å². The molecule has 0 aliphatic carbocycles. The van der Waals surface area contributed by atoms with Crippen LogP contribution in [0.2, 0.25) is 5.15 Å². The molecule has 5 nitrogen and oxygen atoms in total. The summed E-state index contributed by atoms with van der Waals surface area (Å²) in [5.74, 6) is 0.606. The van der Waals surface area contributed by atoms with Crippen LogP contribution < -0.4 is 10.1 Å². The standard InChI is InChI=1S/C12H9BrClN3O2/c1-19-7-2-3-9(13)8(4-7)12(18)17-11-5-10(14)15-6-16-11/h2-6H,1H3,(H,15,16,17,18). The van der Waals surface area contributed by atoms with E-state index in [0.29, 0.717) is 21.6 Å². The Bertz CT molecular complexity index is 622. The van der Waals surface area contributed by atoms with Crippen molar-refractivity contribution in [1.82, 2.24) is 9.97 Å². The third kappa shape index (κ3) is 3.42. The summed E-state index contributed by atoms with van der Waals surface area (Å²) in [5, 5.41) is 2.89. The summed E-state index contributed by atoms with van der Waals surface area (Å²) in [6, 6.07) is 6.58. The van der Waals surface area contributed by atoms with Crippen molar-refractivity contribution in [2.24, 2.45) is 0 Å². The van der Waals surface area contributed by atoms with Crippen LogP contribution in [0.1, 0.15) is 10.4 Å². The predicted octanol–water partition coefficient (Wildman–Crippen LogP) is 3.15. The van der Waals surface area contributed by atoms with Crippen LogP contribution in [-0.2, 0) is 0 Å². The zero-order valence-electron chi connectivity index (χ0n) is 9.85. The number of halogens is 2. The molecule has 1 heterocycles. The Morgan fingerprint density at radius 3 is 2.84 bits per heavy atom. The number of amides is 1. The molecule has 0 fully saturated rings. The Hall–Kier alpha value is -1.66. The number of hydrogen-bond acceptors (Lipinski definition) is 4. The van der Waals surface area contributed by atoms with Gasteiger partial charge in [0.2, 0.25) is 0 Å². The van der Waals surface area contributed by atoms with Gasteiger partial charge >= 0.3 is 0 Å². The zero-order chi connectivity index (χ0) is 13.8. The number of aromatic nitrogens is 2. The minimum Gasteiger partial charge on any atom is -0.497 e. The Balaban J connectivity index is 2.25. The first-order valence-corrected chi connectivity index (χ1v) is 6.39. The fourth-order valence-electron chi connectivity index (χ4n) is 1.39. The highest BCUT2D eigenvalue weighted by molar-refractivity contribution is 9.10. The molecule has 1 N–H and O–H groups in total. The quantitative estimate of drug-likeness (QED) is 0.870. The van der Waals surface area contributed by atoms with Crippen molar-refractivity contribution in [2.75, 3.05) is 12.4 Å². The smallest absolute Gasteiger partial charge is 0.258 e. The lowest BCUT2D eigenvalue weighted by Gasteiger charge is -2.08. The molecule has 2 aromatic rings. The second kappa shape index (κ2) is 5.99. The number of carbonyl (C=O) groups excluding carboxylic acids is 1. The molecule has 0 unspecified atom stereocenters. The van der Waals surface area contributed by atoms with E-state index in [1.54, 1.807) is 18.2 Å². The molecule has 98 valence electrons. The molecule has 0 saturated heterocycles. The molecule has 1 aromatic heterocycles. The van der Waals surface area contributed by atoms with Gasteiger partial charge in [0, 0.05) is 10.5 Å². The van der Waals surface area contributed by atoms with E-state index in [0.717, 1.165) is 0 Å². The van der Waals surface area contributed by atoms with Gasteiger partial charge in [0.15, 0.2) is 0 Å². The fourth-order valence-corrected chi connectivity index (χ4v) is 1.96. The van der Waals surface area contributed by atoms with Crippen LogP contribution in [-0.4, -0.2) is 23.0 Å². The molecule has 0 aliphatic rings. The van der Waals surface area contributed by atoms with Crippen LogP contribution in [0.3, 0.4) is 0 Å². The first-order valence-electron chi connectivity index (χ1n) is 5.22. The van der Waals surface area contributed by atoms with Crippen LogP contribution in [0.15, 0.2) is 35.1 Å². The van der Waals surface area contributed by atoms with Crippen LogP contribution in [0.4, 0.5) is 5.82 Å². The maximum atomic E-state index is 12.1. The summed E-state index contributed by atoms with van der Waals surface area (Å²) in [4.78, 5) is 19.8. The lowest BCUT2D eigenvalue weighted by atomic mass is 10.2. The molecule has 0 aliphatic heterocycles. The van der Waals surface area contributed by atoms with Crippen molar-refractivity contribution < 1.29 is 9.53 Å². The van der Waals surface area contributed by atoms with Crippen LogP contribution in [0.25, 0.3) is 0 Å². The summed E-state index contributed by atoms with van der Waals surface area (Å²) in [7, 11) is 1.54. The maximum absolute atomic E-state index is 12.1. The fraction of sp³-hybridized carbons (Fsp3) is 0.0833. The van der Waals surface area contributed by atoms with Gasteiger partial charge in [0.1, 0.15) is 23.0 Å². The van der Waals surface area contributed by atoms with E-state index in [9.17, 15) is 4.79 Å². The monoisotopic (exact) mass is 341 g/mol. The second-order valence-electron chi connectivity index (χ2n) is 3.53. The van der Waals surface area contributed by atoms with E-state index in [2.05, 4.69) is 31.2 Å². The molecule has 1 amide bonds. The third-order valence-electron chi connectivity index (χ3n) is 2.29. The third-order valence-corrected chi connectivity index (χ3v) is 3.19. The highest BCUT2D eigenvalue weighted by atomic mass is 79.9. The molecule has 19 heavy (non-hydrogen) atoms. The average Bonchev–Trinajstić information content (AvgIpc) is 2.39. The number of benzene rings is 1. The van der Waals surface area contributed by atoms with Crippen LogP contribution in [0.5, 0.6) is 5.75 Å². The summed E-state index contributed by atoms with van der Waals surface area (Å²) >= 11 is 9.03. The van der Waals surface area contributed by atoms with Crippen molar-refractivity contribution in [1.29, 1.82) is 0 Å². The van der Waals surface area contributed by atoms with Gasteiger partial charge in [-0.05, 0) is 34.1 Å². The van der Waals surface area contributed by atoms with Gasteiger partial charge in [-0.15, -0.1) is 0 Å². The van der Waals surface area contributed by atoms with E-state index >= 15 is 0 Å². The minimum atomic E-state index is -0.319. The summed E-state index contributed by atoms with van der Waals surface area (Å²) < 4.78 is 5.74. The van der Waals surface area contributed by atoms with E-state index in [-0.39, 0.29) is 11.1 Å². The Labute approximate surface area is 123 Å². The normalized spacial score (nSPS) is 10.1. The number of rotatable bonds is 3. The molecule has 0 saturated carbocycles. The number of ether oxygens (including phenoxy) is 1. The lowest BCUT2D eigenvalue weighted by molar-refractivity contribution is 0.102. The number of methoxy groups -OCH3 is 1. The van der Waals surface area contributed by atoms with E-state index < -0.39 is 0 Å². The molecule has 0 radical (unpaired) electrons. The summed E-state index contributed by atoms with van der Waals surface area (Å²) in [6.45, 7) is 0. The maximum Gasteiger partial charge on any atom is 0.258 e. The summed E-state index contributed by atoms with van der Waals surface area (Å²) in [5.41, 5.74) is 0.439. The van der Waals surface area contributed by atoms with Crippen molar-refractivity contribution in [3.63, 3.8) is 0 Å². The van der Waals surface area contributed by atoms with Gasteiger partial charge in [0.05, 0.1) is 12.7 Å². The highest BCUT2D eigenvalue weighted by Crippen LogP contribution is 2.23. The topological polar surface area (TPSA) is 64.1 Å². The van der Waals surface area contributed by atoms with Crippen LogP contribution >= 0.6 is 27.5 Å². The Morgan fingerprint density at radius 2 is 2.16 bits per heavy atom. The molecular weight excluding hydrogens is 334 g/mol. The van der Waals surface area contributed by atoms with Crippen molar-refractivity contribution in [3.05, 3.63) is 45.8 Å². The Morgan fingerprint density at radius 1 is 1.37 bits per heavy atom. The van der Waals surface area contributed by atoms with Gasteiger partial charge in [-0.25, -0.2) is 9.97 Å². The number of nitrogens with zero attached hydrogens (tertiary/aromatic N) is 2. The van der Waals surface area contributed by atoms with E-state index in [4.69, 9.17) is 16.3 Å². The molecule has 2 rings (SSSR count). The van der Waals surface area contributed by atoms with E-state index in [1.165, 1.54) is 19.5 Å². The molecule has 7 heteroatoms. The van der Waals surface area contributed by atoms with Gasteiger partial charge in [-0.3, -0.25) is 4.79 Å². The van der Waals surface area contributed by atoms with Gasteiger partial charge in [-0.1, -0.05) is 11.6 Å². The average molecular weight is 343 g/mol. The molecule has 0 spiro atoms. The second-order valence-corrected chi connectivity index (χ2v) is 4.77. The Kier molecular flexibility index (Phi) is 4.34. The lowest BCUT2D eigenvalue weighted by Crippen LogP contribution is -2.13. The molecule has 0 atom stereocenters. The molecular formula is C12H9BrClN3O2. The van der Waals surface area contributed by atoms with Crippen molar-refractivity contribution in [3.8, 4) is 5.75 Å². The first kappa shape index (κ1) is 13.8. The summed E-state index contributed by atoms with van der Waals surface area (Å²) in [6.07, 6.45) is 1.28. The highest BCUT2D eigenvalue weighted by Gasteiger charge is 2.12. The molecule has 0 bridgehead atoms. The van der Waals surface area contributed by atoms with Crippen LogP contribution in [0, 0.1) is 0 Å². The largest absolute Gasteiger partial charge is 0.497 e. The van der Waals surface area contributed by atoms with E-state index in [1.807, 2.05) is 0 Å². The van der Waals surface area contributed by atoms with Gasteiger partial charge in [0.25, 0.3) is 5.91 Å². The molecule has 1 aromatic carbocycles. The minimum absolute atomic E-state index is 0.259. The zero-order valence-corrected chi connectivity index (χ0v) is 12.2. The predicted molar refractivity (Wildman–Crippen MR) is 75.7 cm³/mol. The number of anilines is 1.